The van der Waals surface area contributed by atoms with Crippen LogP contribution in [0.3, 0.4) is 0 Å². The lowest BCUT2D eigenvalue weighted by molar-refractivity contribution is -0.214. The number of hydrogen-bond acceptors (Lipinski definition) is 3. The highest BCUT2D eigenvalue weighted by Crippen LogP contribution is 2.69. The van der Waals surface area contributed by atoms with Gasteiger partial charge in [0.1, 0.15) is 0 Å². The number of hydrogen-bond donors (Lipinski definition) is 1. The van der Waals surface area contributed by atoms with Gasteiger partial charge < -0.3 is 14.6 Å². The van der Waals surface area contributed by atoms with Crippen LogP contribution < -0.4 is 0 Å². The normalized spacial score (nSPS) is 54.2. The third-order valence-electron chi connectivity index (χ3n) is 10.1. The van der Waals surface area contributed by atoms with E-state index in [9.17, 15) is 5.11 Å². The average Bonchev–Trinajstić information content (AvgIpc) is 3.27. The van der Waals surface area contributed by atoms with Crippen LogP contribution in [0.4, 0.5) is 0 Å². The quantitative estimate of drug-likeness (QED) is 0.603. The summed E-state index contributed by atoms with van der Waals surface area (Å²) in [5.41, 5.74) is 0.825. The van der Waals surface area contributed by atoms with E-state index in [-0.39, 0.29) is 11.9 Å². The van der Waals surface area contributed by atoms with Crippen molar-refractivity contribution in [2.45, 2.75) is 83.5 Å². The molecule has 0 spiro atoms. The van der Waals surface area contributed by atoms with Gasteiger partial charge in [-0.25, -0.2) is 0 Å². The van der Waals surface area contributed by atoms with E-state index in [1.54, 1.807) is 0 Å². The van der Waals surface area contributed by atoms with Crippen LogP contribution in [0.1, 0.15) is 71.6 Å². The standard InChI is InChI=1S/C23H37BrO3/c1-21-9-7-16(25)13-15(21)3-4-17-18-5-6-20(22(18,2)10-8-19(17)21)23(14-24)26-11-12-27-23/h15-20,25H,3-14H2,1-2H3/t15-,16-,17+,18+,19+,20+,21-,22+/m0/s1. The summed E-state index contributed by atoms with van der Waals surface area (Å²) in [6, 6.07) is 0. The Labute approximate surface area is 173 Å². The largest absolute Gasteiger partial charge is 0.393 e. The topological polar surface area (TPSA) is 38.7 Å². The predicted octanol–water partition coefficient (Wildman–Crippen LogP) is 5.14. The molecule has 154 valence electrons. The van der Waals surface area contributed by atoms with Gasteiger partial charge in [0.05, 0.1) is 24.6 Å². The first kappa shape index (κ1) is 19.3. The highest BCUT2D eigenvalue weighted by Gasteiger charge is 2.64. The molecule has 0 aromatic rings. The molecular weight excluding hydrogens is 404 g/mol. The Kier molecular flexibility index (Phi) is 4.79. The summed E-state index contributed by atoms with van der Waals surface area (Å²) >= 11 is 3.74. The van der Waals surface area contributed by atoms with Crippen LogP contribution in [0, 0.1) is 40.4 Å². The van der Waals surface area contributed by atoms with Gasteiger partial charge in [0, 0.05) is 5.92 Å². The van der Waals surface area contributed by atoms with Crippen molar-refractivity contribution in [3.63, 3.8) is 0 Å². The molecular formula is C23H37BrO3. The molecule has 0 amide bonds. The van der Waals surface area contributed by atoms with Gasteiger partial charge in [0.25, 0.3) is 0 Å². The number of aliphatic hydroxyl groups excluding tert-OH is 1. The lowest BCUT2D eigenvalue weighted by Gasteiger charge is -2.61. The Bertz CT molecular complexity index is 576. The first-order valence-electron chi connectivity index (χ1n) is 11.4. The molecule has 0 aromatic carbocycles. The SMILES string of the molecule is C[C@]12CC[C@H](O)C[C@@H]1CC[C@H]1[C@H]2CC[C@]2(C)[C@@H]1CC[C@H]2C1(CBr)OCCO1. The van der Waals surface area contributed by atoms with Gasteiger partial charge in [-0.2, -0.15) is 0 Å². The van der Waals surface area contributed by atoms with Gasteiger partial charge in [-0.05, 0) is 92.3 Å². The van der Waals surface area contributed by atoms with Gasteiger partial charge in [-0.15, -0.1) is 0 Å². The minimum atomic E-state index is -0.383. The Hall–Kier alpha value is 0.360. The Morgan fingerprint density at radius 3 is 2.33 bits per heavy atom. The summed E-state index contributed by atoms with van der Waals surface area (Å²) in [6.07, 6.45) is 11.3. The molecule has 0 aromatic heterocycles. The molecule has 27 heavy (non-hydrogen) atoms. The molecule has 0 unspecified atom stereocenters. The molecule has 3 nitrogen and oxygen atoms in total. The summed E-state index contributed by atoms with van der Waals surface area (Å²) in [4.78, 5) is 0. The first-order valence-corrected chi connectivity index (χ1v) is 12.6. The van der Waals surface area contributed by atoms with Crippen LogP contribution in [0.2, 0.25) is 0 Å². The molecule has 5 aliphatic rings. The highest BCUT2D eigenvalue weighted by molar-refractivity contribution is 9.09. The molecule has 0 bridgehead atoms. The molecule has 4 heteroatoms. The number of aliphatic hydroxyl groups is 1. The second kappa shape index (κ2) is 6.68. The molecule has 1 heterocycles. The smallest absolute Gasteiger partial charge is 0.181 e. The molecule has 5 fully saturated rings. The number of halogens is 1. The minimum absolute atomic E-state index is 0.0419. The van der Waals surface area contributed by atoms with Crippen LogP contribution in [0.5, 0.6) is 0 Å². The van der Waals surface area contributed by atoms with Gasteiger partial charge in [-0.1, -0.05) is 29.8 Å². The van der Waals surface area contributed by atoms with Crippen LogP contribution in [0.15, 0.2) is 0 Å². The van der Waals surface area contributed by atoms with Gasteiger partial charge in [-0.3, -0.25) is 0 Å². The predicted molar refractivity (Wildman–Crippen MR) is 110 cm³/mol. The van der Waals surface area contributed by atoms with E-state index in [1.165, 1.54) is 44.9 Å². The van der Waals surface area contributed by atoms with Crippen molar-refractivity contribution in [2.75, 3.05) is 18.5 Å². The van der Waals surface area contributed by atoms with Crippen LogP contribution >= 0.6 is 15.9 Å². The zero-order valence-electron chi connectivity index (χ0n) is 17.1. The monoisotopic (exact) mass is 440 g/mol. The number of alkyl halides is 1. The van der Waals surface area contributed by atoms with Crippen LogP contribution in [0.25, 0.3) is 0 Å². The maximum absolute atomic E-state index is 10.2. The Morgan fingerprint density at radius 1 is 0.889 bits per heavy atom. The molecule has 1 saturated heterocycles. The van der Waals surface area contributed by atoms with Crippen molar-refractivity contribution in [3.05, 3.63) is 0 Å². The van der Waals surface area contributed by atoms with Crippen molar-refractivity contribution in [1.82, 2.24) is 0 Å². The molecule has 4 aliphatic carbocycles. The van der Waals surface area contributed by atoms with Crippen molar-refractivity contribution >= 4 is 15.9 Å². The maximum atomic E-state index is 10.2. The highest BCUT2D eigenvalue weighted by atomic mass is 79.9. The second-order valence-corrected chi connectivity index (χ2v) is 11.5. The summed E-state index contributed by atoms with van der Waals surface area (Å²) < 4.78 is 12.5. The zero-order valence-corrected chi connectivity index (χ0v) is 18.7. The fourth-order valence-corrected chi connectivity index (χ4v) is 9.51. The second-order valence-electron chi connectivity index (χ2n) is 10.9. The molecule has 4 saturated carbocycles. The number of rotatable bonds is 2. The van der Waals surface area contributed by atoms with Crippen molar-refractivity contribution in [3.8, 4) is 0 Å². The van der Waals surface area contributed by atoms with E-state index < -0.39 is 0 Å². The first-order chi connectivity index (χ1) is 12.9. The third kappa shape index (κ3) is 2.68. The number of fused-ring (bicyclic) bond motifs is 5. The lowest BCUT2D eigenvalue weighted by Crippen LogP contribution is -2.56. The van der Waals surface area contributed by atoms with E-state index in [2.05, 4.69) is 29.8 Å². The third-order valence-corrected chi connectivity index (χ3v) is 10.9. The minimum Gasteiger partial charge on any atom is -0.393 e. The van der Waals surface area contributed by atoms with Crippen molar-refractivity contribution < 1.29 is 14.6 Å². The van der Waals surface area contributed by atoms with E-state index in [0.717, 1.165) is 55.1 Å². The van der Waals surface area contributed by atoms with Gasteiger partial charge >= 0.3 is 0 Å². The fraction of sp³-hybridized carbons (Fsp3) is 1.00. The molecule has 0 radical (unpaired) electrons. The molecule has 8 atom stereocenters. The van der Waals surface area contributed by atoms with Crippen LogP contribution in [-0.2, 0) is 9.47 Å². The Morgan fingerprint density at radius 2 is 1.59 bits per heavy atom. The van der Waals surface area contributed by atoms with Gasteiger partial charge in [0.2, 0.25) is 0 Å². The zero-order chi connectivity index (χ0) is 18.9. The number of ether oxygens (including phenoxy) is 2. The average molecular weight is 441 g/mol. The lowest BCUT2D eigenvalue weighted by atomic mass is 9.44. The maximum Gasteiger partial charge on any atom is 0.181 e. The van der Waals surface area contributed by atoms with E-state index in [4.69, 9.17) is 9.47 Å². The fourth-order valence-electron chi connectivity index (χ4n) is 8.80. The molecule has 5 rings (SSSR count). The summed E-state index contributed by atoms with van der Waals surface area (Å²) in [5.74, 6) is 3.46. The van der Waals surface area contributed by atoms with Crippen molar-refractivity contribution in [1.29, 1.82) is 0 Å². The molecule has 1 aliphatic heterocycles. The van der Waals surface area contributed by atoms with Crippen LogP contribution in [-0.4, -0.2) is 35.5 Å². The summed E-state index contributed by atoms with van der Waals surface area (Å²) in [6.45, 7) is 6.65. The van der Waals surface area contributed by atoms with E-state index in [0.29, 0.717) is 16.7 Å². The van der Waals surface area contributed by atoms with E-state index in [1.807, 2.05) is 0 Å². The Balaban J connectivity index is 1.42. The van der Waals surface area contributed by atoms with Crippen molar-refractivity contribution in [2.24, 2.45) is 40.4 Å². The van der Waals surface area contributed by atoms with E-state index >= 15 is 0 Å². The summed E-state index contributed by atoms with van der Waals surface area (Å²) in [5, 5.41) is 11.0. The molecule has 1 N–H and O–H groups in total. The summed E-state index contributed by atoms with van der Waals surface area (Å²) in [7, 11) is 0. The van der Waals surface area contributed by atoms with Gasteiger partial charge in [0.15, 0.2) is 5.79 Å².